The minimum atomic E-state index is -0.0124. The van der Waals surface area contributed by atoms with E-state index in [4.69, 9.17) is 25.8 Å². The predicted molar refractivity (Wildman–Crippen MR) is 110 cm³/mol. The summed E-state index contributed by atoms with van der Waals surface area (Å²) in [6, 6.07) is 3.44. The average Bonchev–Trinajstić information content (AvgIpc) is 3.20. The van der Waals surface area contributed by atoms with Crippen LogP contribution in [0.15, 0.2) is 12.1 Å². The van der Waals surface area contributed by atoms with Crippen molar-refractivity contribution >= 4 is 17.5 Å². The van der Waals surface area contributed by atoms with Crippen LogP contribution in [0.5, 0.6) is 11.5 Å². The number of hydrogen-bond acceptors (Lipinski definition) is 5. The van der Waals surface area contributed by atoms with Crippen molar-refractivity contribution in [1.29, 1.82) is 0 Å². The van der Waals surface area contributed by atoms with E-state index in [-0.39, 0.29) is 5.91 Å². The number of carbonyl (C=O) groups is 1. The van der Waals surface area contributed by atoms with Gasteiger partial charge in [0.25, 0.3) is 5.91 Å². The van der Waals surface area contributed by atoms with Gasteiger partial charge in [-0.3, -0.25) is 9.69 Å². The van der Waals surface area contributed by atoms with Gasteiger partial charge in [0.1, 0.15) is 0 Å². The summed E-state index contributed by atoms with van der Waals surface area (Å²) < 4.78 is 17.1. The number of piperazine rings is 1. The smallest absolute Gasteiger partial charge is 0.254 e. The van der Waals surface area contributed by atoms with Gasteiger partial charge in [-0.2, -0.15) is 0 Å². The lowest BCUT2D eigenvalue weighted by atomic mass is 10.1. The number of halogens is 1. The van der Waals surface area contributed by atoms with E-state index in [9.17, 15) is 4.79 Å². The largest absolute Gasteiger partial charge is 0.490 e. The Labute approximate surface area is 172 Å². The second kappa shape index (κ2) is 10.3. The lowest BCUT2D eigenvalue weighted by Crippen LogP contribution is -2.50. The summed E-state index contributed by atoms with van der Waals surface area (Å²) in [6.45, 7) is 9.98. The Balaban J connectivity index is 1.63. The summed E-state index contributed by atoms with van der Waals surface area (Å²) >= 11 is 6.41. The van der Waals surface area contributed by atoms with Gasteiger partial charge in [0.2, 0.25) is 0 Å². The molecule has 2 aliphatic rings. The number of rotatable bonds is 8. The third kappa shape index (κ3) is 5.31. The molecule has 3 rings (SSSR count). The van der Waals surface area contributed by atoms with E-state index in [0.29, 0.717) is 54.5 Å². The Morgan fingerprint density at radius 1 is 1.21 bits per heavy atom. The first-order chi connectivity index (χ1) is 13.6. The van der Waals surface area contributed by atoms with E-state index in [2.05, 4.69) is 4.90 Å². The zero-order valence-corrected chi connectivity index (χ0v) is 17.7. The molecular formula is C21H31ClN2O4. The summed E-state index contributed by atoms with van der Waals surface area (Å²) in [6.07, 6.45) is 3.53. The van der Waals surface area contributed by atoms with E-state index in [1.54, 1.807) is 12.1 Å². The standard InChI is InChI=1S/C21H31ClN2O4/c1-3-11-28-20-18(22)13-16(14-19(20)26-4-2)21(25)24-9-7-23(8-10-24)15-17-6-5-12-27-17/h13-14,17H,3-12,15H2,1-2H3. The van der Waals surface area contributed by atoms with Gasteiger partial charge in [0.05, 0.1) is 24.3 Å². The number of carbonyl (C=O) groups excluding carboxylic acids is 1. The van der Waals surface area contributed by atoms with Crippen LogP contribution in [0.4, 0.5) is 0 Å². The highest BCUT2D eigenvalue weighted by atomic mass is 35.5. The molecule has 1 unspecified atom stereocenters. The molecule has 0 bridgehead atoms. The Kier molecular flexibility index (Phi) is 7.82. The topological polar surface area (TPSA) is 51.2 Å². The van der Waals surface area contributed by atoms with E-state index >= 15 is 0 Å². The van der Waals surface area contributed by atoms with Crippen LogP contribution in [-0.4, -0.2) is 74.4 Å². The molecule has 0 aromatic heterocycles. The molecule has 0 radical (unpaired) electrons. The Bertz CT molecular complexity index is 656. The normalized spacial score (nSPS) is 20.4. The molecule has 2 saturated heterocycles. The van der Waals surface area contributed by atoms with Crippen molar-refractivity contribution in [2.45, 2.75) is 39.2 Å². The molecule has 1 aromatic carbocycles. The molecule has 1 atom stereocenters. The van der Waals surface area contributed by atoms with Crippen LogP contribution >= 0.6 is 11.6 Å². The maximum absolute atomic E-state index is 13.0. The number of nitrogens with zero attached hydrogens (tertiary/aromatic N) is 2. The highest BCUT2D eigenvalue weighted by molar-refractivity contribution is 6.32. The molecule has 2 aliphatic heterocycles. The molecule has 6 nitrogen and oxygen atoms in total. The monoisotopic (exact) mass is 410 g/mol. The molecular weight excluding hydrogens is 380 g/mol. The molecule has 1 aromatic rings. The van der Waals surface area contributed by atoms with Crippen LogP contribution < -0.4 is 9.47 Å². The van der Waals surface area contributed by atoms with Gasteiger partial charge in [0.15, 0.2) is 11.5 Å². The van der Waals surface area contributed by atoms with Crippen LogP contribution in [0.25, 0.3) is 0 Å². The Morgan fingerprint density at radius 3 is 2.64 bits per heavy atom. The predicted octanol–water partition coefficient (Wildman–Crippen LogP) is 3.46. The third-order valence-corrected chi connectivity index (χ3v) is 5.43. The fourth-order valence-corrected chi connectivity index (χ4v) is 3.96. The highest BCUT2D eigenvalue weighted by Gasteiger charge is 2.26. The number of hydrogen-bond donors (Lipinski definition) is 0. The molecule has 2 heterocycles. The van der Waals surface area contributed by atoms with Crippen molar-refractivity contribution in [3.05, 3.63) is 22.7 Å². The Hall–Kier alpha value is -1.50. The van der Waals surface area contributed by atoms with Crippen LogP contribution in [0, 0.1) is 0 Å². The molecule has 1 amide bonds. The van der Waals surface area contributed by atoms with Crippen LogP contribution in [0.1, 0.15) is 43.5 Å². The van der Waals surface area contributed by atoms with Gasteiger partial charge in [-0.15, -0.1) is 0 Å². The van der Waals surface area contributed by atoms with Gasteiger partial charge in [-0.25, -0.2) is 0 Å². The molecule has 28 heavy (non-hydrogen) atoms. The maximum atomic E-state index is 13.0. The first-order valence-corrected chi connectivity index (χ1v) is 10.7. The zero-order chi connectivity index (χ0) is 19.9. The molecule has 0 saturated carbocycles. The zero-order valence-electron chi connectivity index (χ0n) is 16.9. The van der Waals surface area contributed by atoms with Crippen molar-refractivity contribution in [3.8, 4) is 11.5 Å². The fraction of sp³-hybridized carbons (Fsp3) is 0.667. The van der Waals surface area contributed by atoms with Crippen LogP contribution in [0.2, 0.25) is 5.02 Å². The van der Waals surface area contributed by atoms with Crippen LogP contribution in [0.3, 0.4) is 0 Å². The maximum Gasteiger partial charge on any atom is 0.254 e. The van der Waals surface area contributed by atoms with Crippen molar-refractivity contribution in [2.24, 2.45) is 0 Å². The minimum absolute atomic E-state index is 0.0124. The van der Waals surface area contributed by atoms with Crippen molar-refractivity contribution in [3.63, 3.8) is 0 Å². The summed E-state index contributed by atoms with van der Waals surface area (Å²) in [5.74, 6) is 1.04. The lowest BCUT2D eigenvalue weighted by Gasteiger charge is -2.35. The van der Waals surface area contributed by atoms with Gasteiger partial charge < -0.3 is 19.1 Å². The number of ether oxygens (including phenoxy) is 3. The molecule has 2 fully saturated rings. The van der Waals surface area contributed by atoms with Gasteiger partial charge >= 0.3 is 0 Å². The summed E-state index contributed by atoms with van der Waals surface area (Å²) in [5, 5.41) is 0.416. The van der Waals surface area contributed by atoms with Gasteiger partial charge in [-0.1, -0.05) is 18.5 Å². The lowest BCUT2D eigenvalue weighted by molar-refractivity contribution is 0.0432. The molecule has 156 valence electrons. The summed E-state index contributed by atoms with van der Waals surface area (Å²) in [4.78, 5) is 17.3. The number of amides is 1. The van der Waals surface area contributed by atoms with E-state index in [1.807, 2.05) is 18.7 Å². The van der Waals surface area contributed by atoms with Crippen molar-refractivity contribution in [1.82, 2.24) is 9.80 Å². The second-order valence-corrected chi connectivity index (χ2v) is 7.70. The van der Waals surface area contributed by atoms with Gasteiger partial charge in [-0.05, 0) is 38.3 Å². The molecule has 7 heteroatoms. The van der Waals surface area contributed by atoms with Crippen LogP contribution in [-0.2, 0) is 4.74 Å². The second-order valence-electron chi connectivity index (χ2n) is 7.29. The molecule has 0 N–H and O–H groups in total. The molecule has 0 aliphatic carbocycles. The van der Waals surface area contributed by atoms with Gasteiger partial charge in [0, 0.05) is 44.9 Å². The summed E-state index contributed by atoms with van der Waals surface area (Å²) in [7, 11) is 0. The summed E-state index contributed by atoms with van der Waals surface area (Å²) in [5.41, 5.74) is 0.546. The fourth-order valence-electron chi connectivity index (χ4n) is 3.69. The first kappa shape index (κ1) is 21.2. The minimum Gasteiger partial charge on any atom is -0.490 e. The van der Waals surface area contributed by atoms with Crippen molar-refractivity contribution < 1.29 is 19.0 Å². The molecule has 0 spiro atoms. The van der Waals surface area contributed by atoms with E-state index in [0.717, 1.165) is 45.5 Å². The number of benzene rings is 1. The Morgan fingerprint density at radius 2 is 2.00 bits per heavy atom. The SMILES string of the molecule is CCCOc1c(Cl)cc(C(=O)N2CCN(CC3CCCO3)CC2)cc1OCC. The van der Waals surface area contributed by atoms with E-state index < -0.39 is 0 Å². The average molecular weight is 411 g/mol. The third-order valence-electron chi connectivity index (χ3n) is 5.15. The van der Waals surface area contributed by atoms with Crippen molar-refractivity contribution in [2.75, 3.05) is 52.5 Å². The first-order valence-electron chi connectivity index (χ1n) is 10.3. The quantitative estimate of drug-likeness (QED) is 0.656. The van der Waals surface area contributed by atoms with E-state index in [1.165, 1.54) is 0 Å². The highest BCUT2D eigenvalue weighted by Crippen LogP contribution is 2.37.